The lowest BCUT2D eigenvalue weighted by molar-refractivity contribution is 0.274. The Morgan fingerprint density at radius 1 is 1.35 bits per heavy atom. The van der Waals surface area contributed by atoms with Crippen LogP contribution >= 0.6 is 27.7 Å². The standard InChI is InChI=1S/C14H18BrNS/c15-9-12-5-3-7-16(12)10-13-8-11-4-1-2-6-14(11)17-13/h1-2,4,6,12-13H,3,5,7-10H2. The van der Waals surface area contributed by atoms with Crippen LogP contribution < -0.4 is 0 Å². The minimum Gasteiger partial charge on any atom is -0.298 e. The minimum absolute atomic E-state index is 0.770. The molecule has 1 saturated heterocycles. The fourth-order valence-electron chi connectivity index (χ4n) is 2.93. The van der Waals surface area contributed by atoms with Crippen LogP contribution in [-0.4, -0.2) is 34.6 Å². The first-order valence-electron chi connectivity index (χ1n) is 6.41. The number of rotatable bonds is 3. The molecule has 0 saturated carbocycles. The molecule has 1 aromatic rings. The van der Waals surface area contributed by atoms with Gasteiger partial charge in [-0.2, -0.15) is 0 Å². The molecule has 17 heavy (non-hydrogen) atoms. The zero-order valence-corrected chi connectivity index (χ0v) is 12.3. The molecule has 0 aliphatic carbocycles. The van der Waals surface area contributed by atoms with Crippen LogP contribution in [-0.2, 0) is 6.42 Å². The lowest BCUT2D eigenvalue weighted by Gasteiger charge is -2.25. The van der Waals surface area contributed by atoms with Crippen LogP contribution in [0.2, 0.25) is 0 Å². The normalized spacial score (nSPS) is 28.5. The summed E-state index contributed by atoms with van der Waals surface area (Å²) < 4.78 is 0. The maximum absolute atomic E-state index is 3.65. The number of thioether (sulfide) groups is 1. The molecule has 0 amide bonds. The Bertz CT molecular complexity index is 371. The summed E-state index contributed by atoms with van der Waals surface area (Å²) in [5.41, 5.74) is 1.55. The summed E-state index contributed by atoms with van der Waals surface area (Å²) in [4.78, 5) is 4.19. The summed E-state index contributed by atoms with van der Waals surface area (Å²) >= 11 is 5.72. The zero-order valence-electron chi connectivity index (χ0n) is 9.94. The first kappa shape index (κ1) is 12.1. The van der Waals surface area contributed by atoms with Crippen molar-refractivity contribution in [3.05, 3.63) is 29.8 Å². The molecule has 2 unspecified atom stereocenters. The molecule has 92 valence electrons. The molecule has 0 N–H and O–H groups in total. The molecule has 2 aliphatic rings. The first-order chi connectivity index (χ1) is 8.36. The van der Waals surface area contributed by atoms with Crippen molar-refractivity contribution in [2.75, 3.05) is 18.4 Å². The van der Waals surface area contributed by atoms with Crippen LogP contribution in [0.5, 0.6) is 0 Å². The highest BCUT2D eigenvalue weighted by molar-refractivity contribution is 9.09. The van der Waals surface area contributed by atoms with Crippen LogP contribution in [0.1, 0.15) is 18.4 Å². The molecule has 2 aliphatic heterocycles. The van der Waals surface area contributed by atoms with E-state index in [4.69, 9.17) is 0 Å². The van der Waals surface area contributed by atoms with Crippen molar-refractivity contribution in [2.45, 2.75) is 35.4 Å². The number of halogens is 1. The van der Waals surface area contributed by atoms with Gasteiger partial charge in [-0.15, -0.1) is 11.8 Å². The van der Waals surface area contributed by atoms with Gasteiger partial charge in [0.25, 0.3) is 0 Å². The van der Waals surface area contributed by atoms with Crippen molar-refractivity contribution >= 4 is 27.7 Å². The quantitative estimate of drug-likeness (QED) is 0.785. The van der Waals surface area contributed by atoms with E-state index in [1.165, 1.54) is 37.2 Å². The molecule has 1 nitrogen and oxygen atoms in total. The molecule has 0 spiro atoms. The second-order valence-electron chi connectivity index (χ2n) is 5.00. The molecular formula is C14H18BrNS. The summed E-state index contributed by atoms with van der Waals surface area (Å²) in [6.07, 6.45) is 4.00. The van der Waals surface area contributed by atoms with Gasteiger partial charge in [-0.3, -0.25) is 4.90 Å². The highest BCUT2D eigenvalue weighted by Crippen LogP contribution is 2.37. The van der Waals surface area contributed by atoms with Crippen molar-refractivity contribution < 1.29 is 0 Å². The summed E-state index contributed by atoms with van der Waals surface area (Å²) in [6.45, 7) is 2.55. The monoisotopic (exact) mass is 311 g/mol. The van der Waals surface area contributed by atoms with E-state index in [1.807, 2.05) is 0 Å². The van der Waals surface area contributed by atoms with E-state index in [-0.39, 0.29) is 0 Å². The fourth-order valence-corrected chi connectivity index (χ4v) is 5.01. The van der Waals surface area contributed by atoms with Crippen molar-refractivity contribution in [1.29, 1.82) is 0 Å². The Kier molecular flexibility index (Phi) is 3.78. The van der Waals surface area contributed by atoms with E-state index >= 15 is 0 Å². The molecule has 1 fully saturated rings. The minimum atomic E-state index is 0.770. The first-order valence-corrected chi connectivity index (χ1v) is 8.41. The average molecular weight is 312 g/mol. The summed E-state index contributed by atoms with van der Waals surface area (Å²) in [6, 6.07) is 9.66. The van der Waals surface area contributed by atoms with E-state index in [2.05, 4.69) is 56.9 Å². The maximum Gasteiger partial charge on any atom is 0.0263 e. The lowest BCUT2D eigenvalue weighted by Crippen LogP contribution is -2.36. The number of fused-ring (bicyclic) bond motifs is 1. The van der Waals surface area contributed by atoms with E-state index in [0.717, 1.165) is 16.6 Å². The van der Waals surface area contributed by atoms with Crippen molar-refractivity contribution in [2.24, 2.45) is 0 Å². The van der Waals surface area contributed by atoms with Gasteiger partial charge in [0.2, 0.25) is 0 Å². The Morgan fingerprint density at radius 3 is 3.06 bits per heavy atom. The van der Waals surface area contributed by atoms with Gasteiger partial charge in [-0.1, -0.05) is 34.1 Å². The van der Waals surface area contributed by atoms with Gasteiger partial charge in [-0.25, -0.2) is 0 Å². The molecular weight excluding hydrogens is 294 g/mol. The second-order valence-corrected chi connectivity index (χ2v) is 6.99. The third-order valence-corrected chi connectivity index (χ3v) is 5.88. The highest BCUT2D eigenvalue weighted by atomic mass is 79.9. The predicted molar refractivity (Wildman–Crippen MR) is 78.2 cm³/mol. The molecule has 0 aromatic heterocycles. The Balaban J connectivity index is 1.62. The molecule has 0 bridgehead atoms. The molecule has 3 heteroatoms. The number of likely N-dealkylation sites (tertiary alicyclic amines) is 1. The van der Waals surface area contributed by atoms with Gasteiger partial charge in [0.15, 0.2) is 0 Å². The van der Waals surface area contributed by atoms with Crippen LogP contribution in [0.15, 0.2) is 29.2 Å². The van der Waals surface area contributed by atoms with Gasteiger partial charge in [-0.05, 0) is 37.4 Å². The summed E-state index contributed by atoms with van der Waals surface area (Å²) in [5.74, 6) is 0. The predicted octanol–water partition coefficient (Wildman–Crippen LogP) is 3.56. The van der Waals surface area contributed by atoms with E-state index in [1.54, 1.807) is 5.56 Å². The van der Waals surface area contributed by atoms with Gasteiger partial charge in [0.1, 0.15) is 0 Å². The Labute approximate surface area is 116 Å². The highest BCUT2D eigenvalue weighted by Gasteiger charge is 2.29. The molecule has 1 aromatic carbocycles. The van der Waals surface area contributed by atoms with Gasteiger partial charge in [0.05, 0.1) is 0 Å². The van der Waals surface area contributed by atoms with Crippen LogP contribution in [0.3, 0.4) is 0 Å². The maximum atomic E-state index is 3.65. The number of hydrogen-bond acceptors (Lipinski definition) is 2. The third-order valence-electron chi connectivity index (χ3n) is 3.83. The van der Waals surface area contributed by atoms with Crippen molar-refractivity contribution in [1.82, 2.24) is 4.90 Å². The van der Waals surface area contributed by atoms with E-state index in [0.29, 0.717) is 0 Å². The van der Waals surface area contributed by atoms with Gasteiger partial charge >= 0.3 is 0 Å². The number of hydrogen-bond donors (Lipinski definition) is 0. The van der Waals surface area contributed by atoms with Crippen molar-refractivity contribution in [3.8, 4) is 0 Å². The van der Waals surface area contributed by atoms with Crippen LogP contribution in [0, 0.1) is 0 Å². The summed E-state index contributed by atoms with van der Waals surface area (Å²) in [7, 11) is 0. The van der Waals surface area contributed by atoms with Gasteiger partial charge in [0, 0.05) is 28.1 Å². The second kappa shape index (κ2) is 5.33. The van der Waals surface area contributed by atoms with E-state index in [9.17, 15) is 0 Å². The number of alkyl halides is 1. The molecule has 0 radical (unpaired) electrons. The molecule has 2 atom stereocenters. The topological polar surface area (TPSA) is 3.24 Å². The average Bonchev–Trinajstić information content (AvgIpc) is 2.94. The molecule has 3 rings (SSSR count). The Morgan fingerprint density at radius 2 is 2.24 bits per heavy atom. The summed E-state index contributed by atoms with van der Waals surface area (Å²) in [5, 5.41) is 1.91. The van der Waals surface area contributed by atoms with Crippen molar-refractivity contribution in [3.63, 3.8) is 0 Å². The largest absolute Gasteiger partial charge is 0.298 e. The fraction of sp³-hybridized carbons (Fsp3) is 0.571. The van der Waals surface area contributed by atoms with E-state index < -0.39 is 0 Å². The van der Waals surface area contributed by atoms with Gasteiger partial charge < -0.3 is 0 Å². The number of benzene rings is 1. The third kappa shape index (κ3) is 2.56. The lowest BCUT2D eigenvalue weighted by atomic mass is 10.1. The van der Waals surface area contributed by atoms with Crippen LogP contribution in [0.4, 0.5) is 0 Å². The number of nitrogens with zero attached hydrogens (tertiary/aromatic N) is 1. The SMILES string of the molecule is BrCC1CCCN1CC1Cc2ccccc2S1. The molecule has 2 heterocycles. The zero-order chi connectivity index (χ0) is 11.7. The smallest absolute Gasteiger partial charge is 0.0263 e. The van der Waals surface area contributed by atoms with Crippen LogP contribution in [0.25, 0.3) is 0 Å². The Hall–Kier alpha value is 0.01000.